The first kappa shape index (κ1) is 17.1. The number of amides is 1. The minimum absolute atomic E-state index is 0.00520. The van der Waals surface area contributed by atoms with Crippen LogP contribution in [0.25, 0.3) is 0 Å². The van der Waals surface area contributed by atoms with Gasteiger partial charge in [0.1, 0.15) is 5.82 Å². The van der Waals surface area contributed by atoms with E-state index >= 15 is 0 Å². The molecule has 0 aliphatic heterocycles. The normalized spacial score (nSPS) is 11.2. The minimum Gasteiger partial charge on any atom is -0.326 e. The van der Waals surface area contributed by atoms with E-state index in [0.29, 0.717) is 5.69 Å². The molecule has 7 heteroatoms. The van der Waals surface area contributed by atoms with Gasteiger partial charge in [0.2, 0.25) is 15.9 Å². The summed E-state index contributed by atoms with van der Waals surface area (Å²) >= 11 is 0. The summed E-state index contributed by atoms with van der Waals surface area (Å²) in [4.78, 5) is 11.8. The average molecular weight is 336 g/mol. The summed E-state index contributed by atoms with van der Waals surface area (Å²) in [7, 11) is -3.75. The van der Waals surface area contributed by atoms with Crippen molar-refractivity contribution in [1.82, 2.24) is 4.72 Å². The van der Waals surface area contributed by atoms with Gasteiger partial charge in [0.05, 0.1) is 4.90 Å². The Morgan fingerprint density at radius 3 is 2.39 bits per heavy atom. The Labute approximate surface area is 134 Å². The second-order valence-corrected chi connectivity index (χ2v) is 6.73. The fourth-order valence-corrected chi connectivity index (χ4v) is 2.95. The molecule has 122 valence electrons. The maximum absolute atomic E-state index is 12.8. The first-order valence-corrected chi connectivity index (χ1v) is 8.47. The molecule has 2 aromatic carbocycles. The number of para-hydroxylation sites is 1. The van der Waals surface area contributed by atoms with E-state index in [-0.39, 0.29) is 23.8 Å². The Bertz CT molecular complexity index is 789. The first-order valence-electron chi connectivity index (χ1n) is 6.99. The van der Waals surface area contributed by atoms with Crippen LogP contribution < -0.4 is 10.0 Å². The third-order valence-electron chi connectivity index (χ3n) is 3.19. The molecule has 0 aliphatic carbocycles. The molecule has 0 unspecified atom stereocenters. The largest absolute Gasteiger partial charge is 0.326 e. The van der Waals surface area contributed by atoms with Gasteiger partial charge >= 0.3 is 0 Å². The lowest BCUT2D eigenvalue weighted by atomic mass is 10.2. The third-order valence-corrected chi connectivity index (χ3v) is 4.66. The molecular weight excluding hydrogens is 319 g/mol. The van der Waals surface area contributed by atoms with Crippen LogP contribution in [0.5, 0.6) is 0 Å². The standard InChI is InChI=1S/C16H17FN2O3S/c1-12-4-2-3-5-15(12)19-16(20)10-11-18-23(21,22)14-8-6-13(17)7-9-14/h2-9,18H,10-11H2,1H3,(H,19,20). The van der Waals surface area contributed by atoms with Gasteiger partial charge in [-0.15, -0.1) is 0 Å². The van der Waals surface area contributed by atoms with E-state index in [2.05, 4.69) is 10.0 Å². The highest BCUT2D eigenvalue weighted by Gasteiger charge is 2.14. The predicted octanol–water partition coefficient (Wildman–Crippen LogP) is 2.44. The molecule has 0 fully saturated rings. The van der Waals surface area contributed by atoms with Crippen molar-refractivity contribution in [3.05, 3.63) is 59.9 Å². The lowest BCUT2D eigenvalue weighted by Crippen LogP contribution is -2.28. The minimum atomic E-state index is -3.75. The van der Waals surface area contributed by atoms with Crippen LogP contribution in [-0.2, 0) is 14.8 Å². The number of carbonyl (C=O) groups excluding carboxylic acids is 1. The van der Waals surface area contributed by atoms with Gasteiger partial charge in [-0.05, 0) is 42.8 Å². The molecule has 0 saturated carbocycles. The smallest absolute Gasteiger partial charge is 0.240 e. The second kappa shape index (κ2) is 7.34. The van der Waals surface area contributed by atoms with Crippen LogP contribution in [0.1, 0.15) is 12.0 Å². The number of anilines is 1. The van der Waals surface area contributed by atoms with Gasteiger partial charge < -0.3 is 5.32 Å². The van der Waals surface area contributed by atoms with E-state index in [9.17, 15) is 17.6 Å². The van der Waals surface area contributed by atoms with E-state index in [1.165, 1.54) is 12.1 Å². The molecular formula is C16H17FN2O3S. The molecule has 0 heterocycles. The number of nitrogens with one attached hydrogen (secondary N) is 2. The predicted molar refractivity (Wildman–Crippen MR) is 86.0 cm³/mol. The monoisotopic (exact) mass is 336 g/mol. The number of halogens is 1. The molecule has 0 bridgehead atoms. The lowest BCUT2D eigenvalue weighted by molar-refractivity contribution is -0.116. The number of aryl methyl sites for hydroxylation is 1. The van der Waals surface area contributed by atoms with Crippen molar-refractivity contribution in [3.8, 4) is 0 Å². The van der Waals surface area contributed by atoms with Gasteiger partial charge in [-0.3, -0.25) is 4.79 Å². The number of benzene rings is 2. The van der Waals surface area contributed by atoms with Crippen LogP contribution in [0.3, 0.4) is 0 Å². The maximum Gasteiger partial charge on any atom is 0.240 e. The first-order chi connectivity index (χ1) is 10.9. The Hall–Kier alpha value is -2.25. The van der Waals surface area contributed by atoms with E-state index in [1.54, 1.807) is 12.1 Å². The number of sulfonamides is 1. The molecule has 1 amide bonds. The summed E-state index contributed by atoms with van der Waals surface area (Å²) in [5.41, 5.74) is 1.62. The van der Waals surface area contributed by atoms with Crippen LogP contribution in [0.2, 0.25) is 0 Å². The van der Waals surface area contributed by atoms with E-state index in [1.807, 2.05) is 19.1 Å². The molecule has 5 nitrogen and oxygen atoms in total. The Balaban J connectivity index is 1.88. The molecule has 0 spiro atoms. The van der Waals surface area contributed by atoms with Gasteiger partial charge in [0.25, 0.3) is 0 Å². The zero-order valence-corrected chi connectivity index (χ0v) is 13.4. The molecule has 2 N–H and O–H groups in total. The van der Waals surface area contributed by atoms with Gasteiger partial charge in [-0.1, -0.05) is 18.2 Å². The summed E-state index contributed by atoms with van der Waals surface area (Å²) < 4.78 is 39.1. The maximum atomic E-state index is 12.8. The molecule has 0 saturated heterocycles. The van der Waals surface area contributed by atoms with Crippen molar-refractivity contribution >= 4 is 21.6 Å². The number of carbonyl (C=O) groups is 1. The lowest BCUT2D eigenvalue weighted by Gasteiger charge is -2.09. The molecule has 2 rings (SSSR count). The molecule has 2 aromatic rings. The summed E-state index contributed by atoms with van der Waals surface area (Å²) in [6.07, 6.45) is -0.00520. The zero-order valence-electron chi connectivity index (χ0n) is 12.5. The molecule has 0 radical (unpaired) electrons. The molecule has 23 heavy (non-hydrogen) atoms. The Kier molecular flexibility index (Phi) is 5.46. The van der Waals surface area contributed by atoms with Gasteiger partial charge in [-0.2, -0.15) is 0 Å². The zero-order chi connectivity index (χ0) is 16.9. The van der Waals surface area contributed by atoms with Crippen molar-refractivity contribution < 1.29 is 17.6 Å². The van der Waals surface area contributed by atoms with Crippen molar-refractivity contribution in [2.45, 2.75) is 18.2 Å². The summed E-state index contributed by atoms with van der Waals surface area (Å²) in [5.74, 6) is -0.803. The number of rotatable bonds is 6. The van der Waals surface area contributed by atoms with Crippen LogP contribution >= 0.6 is 0 Å². The van der Waals surface area contributed by atoms with Gasteiger partial charge in [0.15, 0.2) is 0 Å². The summed E-state index contributed by atoms with van der Waals surface area (Å²) in [6.45, 7) is 1.82. The molecule has 0 atom stereocenters. The van der Waals surface area contributed by atoms with E-state index in [0.717, 1.165) is 17.7 Å². The molecule has 0 aliphatic rings. The Morgan fingerprint density at radius 1 is 1.09 bits per heavy atom. The van der Waals surface area contributed by atoms with Crippen LogP contribution in [0.15, 0.2) is 53.4 Å². The van der Waals surface area contributed by atoms with Crippen LogP contribution in [0.4, 0.5) is 10.1 Å². The number of hydrogen-bond donors (Lipinski definition) is 2. The highest BCUT2D eigenvalue weighted by molar-refractivity contribution is 7.89. The summed E-state index contributed by atoms with van der Waals surface area (Å²) in [5, 5.41) is 2.72. The Morgan fingerprint density at radius 2 is 1.74 bits per heavy atom. The van der Waals surface area contributed by atoms with Crippen molar-refractivity contribution in [2.75, 3.05) is 11.9 Å². The average Bonchev–Trinajstić information content (AvgIpc) is 2.50. The third kappa shape index (κ3) is 4.87. The number of hydrogen-bond acceptors (Lipinski definition) is 3. The van der Waals surface area contributed by atoms with Crippen molar-refractivity contribution in [2.24, 2.45) is 0 Å². The highest BCUT2D eigenvalue weighted by atomic mass is 32.2. The fraction of sp³-hybridized carbons (Fsp3) is 0.188. The summed E-state index contributed by atoms with van der Waals surface area (Å²) in [6, 6.07) is 11.8. The van der Waals surface area contributed by atoms with Gasteiger partial charge in [0, 0.05) is 18.7 Å². The quantitative estimate of drug-likeness (QED) is 0.851. The van der Waals surface area contributed by atoms with E-state index < -0.39 is 15.8 Å². The van der Waals surface area contributed by atoms with Crippen molar-refractivity contribution in [1.29, 1.82) is 0 Å². The van der Waals surface area contributed by atoms with E-state index in [4.69, 9.17) is 0 Å². The van der Waals surface area contributed by atoms with Crippen LogP contribution in [-0.4, -0.2) is 20.9 Å². The highest BCUT2D eigenvalue weighted by Crippen LogP contribution is 2.13. The second-order valence-electron chi connectivity index (χ2n) is 4.96. The van der Waals surface area contributed by atoms with Crippen LogP contribution in [0, 0.1) is 12.7 Å². The molecule has 0 aromatic heterocycles. The van der Waals surface area contributed by atoms with Gasteiger partial charge in [-0.25, -0.2) is 17.5 Å². The fourth-order valence-electron chi connectivity index (χ4n) is 1.92. The topological polar surface area (TPSA) is 75.3 Å². The van der Waals surface area contributed by atoms with Crippen molar-refractivity contribution in [3.63, 3.8) is 0 Å². The SMILES string of the molecule is Cc1ccccc1NC(=O)CCNS(=O)(=O)c1ccc(F)cc1.